The molecule has 1 fully saturated rings. The minimum absolute atomic E-state index is 0.0917. The number of hydrogen-bond acceptors (Lipinski definition) is 3. The van der Waals surface area contributed by atoms with E-state index in [2.05, 4.69) is 23.8 Å². The number of rotatable bonds is 2. The number of pyridine rings is 1. The summed E-state index contributed by atoms with van der Waals surface area (Å²) in [7, 11) is 1.92. The largest absolute Gasteiger partial charge is 0.360 e. The quantitative estimate of drug-likeness (QED) is 0.759. The van der Waals surface area contributed by atoms with Gasteiger partial charge in [-0.2, -0.15) is 0 Å². The maximum absolute atomic E-state index is 13.2. The highest BCUT2D eigenvalue weighted by molar-refractivity contribution is 5.98. The van der Waals surface area contributed by atoms with Crippen molar-refractivity contribution in [2.45, 2.75) is 33.7 Å². The number of carbonyl (C=O) groups excluding carboxylic acids is 1. The van der Waals surface area contributed by atoms with Crippen LogP contribution in [0.15, 0.2) is 35.5 Å². The number of nitrogens with one attached hydrogen (secondary N) is 1. The van der Waals surface area contributed by atoms with Crippen LogP contribution in [0.2, 0.25) is 0 Å². The first-order chi connectivity index (χ1) is 12.7. The van der Waals surface area contributed by atoms with Gasteiger partial charge in [0.25, 0.3) is 5.91 Å². The van der Waals surface area contributed by atoms with E-state index in [1.807, 2.05) is 43.8 Å². The molecule has 1 aliphatic rings. The lowest BCUT2D eigenvalue weighted by atomic mass is 9.74. The van der Waals surface area contributed by atoms with Gasteiger partial charge < -0.3 is 14.5 Å². The second-order valence-corrected chi connectivity index (χ2v) is 8.26. The Kier molecular flexibility index (Phi) is 3.77. The van der Waals surface area contributed by atoms with Crippen molar-refractivity contribution in [3.63, 3.8) is 0 Å². The zero-order valence-corrected chi connectivity index (χ0v) is 16.3. The van der Waals surface area contributed by atoms with Crippen LogP contribution >= 0.6 is 0 Å². The van der Waals surface area contributed by atoms with Gasteiger partial charge in [-0.25, -0.2) is 4.98 Å². The molecular formula is C21H24N4O2. The van der Waals surface area contributed by atoms with Crippen LogP contribution in [0, 0.1) is 19.3 Å². The third-order valence-electron chi connectivity index (χ3n) is 5.55. The van der Waals surface area contributed by atoms with Crippen LogP contribution < -0.4 is 5.43 Å². The highest BCUT2D eigenvalue weighted by Gasteiger charge is 2.51. The van der Waals surface area contributed by atoms with E-state index < -0.39 is 0 Å². The first-order valence-electron chi connectivity index (χ1n) is 9.11. The van der Waals surface area contributed by atoms with E-state index >= 15 is 0 Å². The van der Waals surface area contributed by atoms with Crippen LogP contribution in [-0.2, 0) is 7.05 Å². The van der Waals surface area contributed by atoms with Gasteiger partial charge in [0.15, 0.2) is 0 Å². The molecule has 1 unspecified atom stereocenters. The van der Waals surface area contributed by atoms with Gasteiger partial charge in [-0.15, -0.1) is 0 Å². The molecule has 27 heavy (non-hydrogen) atoms. The summed E-state index contributed by atoms with van der Waals surface area (Å²) in [6.45, 7) is 8.74. The van der Waals surface area contributed by atoms with Crippen molar-refractivity contribution < 1.29 is 4.79 Å². The van der Waals surface area contributed by atoms with Crippen molar-refractivity contribution in [3.05, 3.63) is 63.5 Å². The predicted octanol–water partition coefficient (Wildman–Crippen LogP) is 3.10. The number of carbonyl (C=O) groups is 1. The number of likely N-dealkylation sites (tertiary alicyclic amines) is 1. The fraction of sp³-hybridized carbons (Fsp3) is 0.381. The maximum atomic E-state index is 13.2. The third kappa shape index (κ3) is 2.59. The Hall–Kier alpha value is -2.89. The van der Waals surface area contributed by atoms with Gasteiger partial charge in [-0.05, 0) is 31.0 Å². The van der Waals surface area contributed by atoms with Gasteiger partial charge in [-0.3, -0.25) is 9.59 Å². The predicted molar refractivity (Wildman–Crippen MR) is 105 cm³/mol. The number of nitrogens with zero attached hydrogens (tertiary/aromatic N) is 3. The van der Waals surface area contributed by atoms with Crippen LogP contribution in [0.5, 0.6) is 0 Å². The van der Waals surface area contributed by atoms with Crippen molar-refractivity contribution >= 4 is 16.8 Å². The number of aryl methyl sites for hydroxylation is 3. The second kappa shape index (κ2) is 5.81. The topological polar surface area (TPSA) is 71.0 Å². The minimum Gasteiger partial charge on any atom is -0.360 e. The fourth-order valence-electron chi connectivity index (χ4n) is 4.25. The van der Waals surface area contributed by atoms with Crippen molar-refractivity contribution in [2.24, 2.45) is 12.5 Å². The molecule has 6 heteroatoms. The van der Waals surface area contributed by atoms with E-state index in [1.54, 1.807) is 17.3 Å². The summed E-state index contributed by atoms with van der Waals surface area (Å²) >= 11 is 0. The molecule has 0 spiro atoms. The average molecular weight is 364 g/mol. The van der Waals surface area contributed by atoms with Gasteiger partial charge >= 0.3 is 0 Å². The molecule has 0 saturated carbocycles. The van der Waals surface area contributed by atoms with Gasteiger partial charge in [0.1, 0.15) is 11.4 Å². The summed E-state index contributed by atoms with van der Waals surface area (Å²) in [5.41, 5.74) is 2.66. The number of benzene rings is 1. The van der Waals surface area contributed by atoms with Gasteiger partial charge in [-0.1, -0.05) is 19.9 Å². The molecule has 140 valence electrons. The first kappa shape index (κ1) is 17.5. The summed E-state index contributed by atoms with van der Waals surface area (Å²) in [4.78, 5) is 35.6. The molecule has 1 saturated heterocycles. The van der Waals surface area contributed by atoms with Crippen molar-refractivity contribution in [1.29, 1.82) is 0 Å². The number of aromatic amines is 1. The Morgan fingerprint density at radius 1 is 1.30 bits per heavy atom. The monoisotopic (exact) mass is 364 g/mol. The van der Waals surface area contributed by atoms with Crippen molar-refractivity contribution in [2.75, 3.05) is 6.54 Å². The molecule has 1 aliphatic heterocycles. The van der Waals surface area contributed by atoms with Crippen LogP contribution in [0.1, 0.15) is 47.2 Å². The summed E-state index contributed by atoms with van der Waals surface area (Å²) < 4.78 is 1.93. The highest BCUT2D eigenvalue weighted by atomic mass is 16.2. The molecule has 1 amide bonds. The lowest BCUT2D eigenvalue weighted by molar-refractivity contribution is -0.0376. The first-order valence-corrected chi connectivity index (χ1v) is 9.11. The Labute approximate surface area is 157 Å². The smallest absolute Gasteiger partial charge is 0.260 e. The SMILES string of the molecule is Cc1cc(C)c2[nH]cc(C(=O)N3CC(C)(C)C3c3nccn3C)c(=O)c2c1. The van der Waals surface area contributed by atoms with E-state index in [4.69, 9.17) is 0 Å². The lowest BCUT2D eigenvalue weighted by Gasteiger charge is -2.53. The number of amides is 1. The summed E-state index contributed by atoms with van der Waals surface area (Å²) in [6.07, 6.45) is 5.16. The molecule has 1 atom stereocenters. The van der Waals surface area contributed by atoms with Crippen molar-refractivity contribution in [3.8, 4) is 0 Å². The number of aromatic nitrogens is 3. The lowest BCUT2D eigenvalue weighted by Crippen LogP contribution is -2.59. The molecule has 0 bridgehead atoms. The van der Waals surface area contributed by atoms with E-state index in [9.17, 15) is 9.59 Å². The van der Waals surface area contributed by atoms with Crippen LogP contribution in [0.3, 0.4) is 0 Å². The summed E-state index contributed by atoms with van der Waals surface area (Å²) in [5.74, 6) is 0.591. The Morgan fingerprint density at radius 3 is 2.67 bits per heavy atom. The molecule has 3 aromatic rings. The number of H-pyrrole nitrogens is 1. The molecule has 1 aromatic carbocycles. The zero-order chi connectivity index (χ0) is 19.5. The Bertz CT molecular complexity index is 1120. The van der Waals surface area contributed by atoms with Crippen LogP contribution in [0.4, 0.5) is 0 Å². The molecule has 3 heterocycles. The number of fused-ring (bicyclic) bond motifs is 1. The number of hydrogen-bond donors (Lipinski definition) is 1. The molecule has 0 radical (unpaired) electrons. The zero-order valence-electron chi connectivity index (χ0n) is 16.3. The fourth-order valence-corrected chi connectivity index (χ4v) is 4.25. The molecule has 4 rings (SSSR count). The van der Waals surface area contributed by atoms with Crippen LogP contribution in [-0.4, -0.2) is 31.9 Å². The average Bonchev–Trinajstić information content (AvgIpc) is 2.98. The minimum atomic E-state index is -0.246. The third-order valence-corrected chi connectivity index (χ3v) is 5.55. The van der Waals surface area contributed by atoms with E-state index in [1.165, 1.54) is 0 Å². The van der Waals surface area contributed by atoms with Crippen molar-refractivity contribution in [1.82, 2.24) is 19.4 Å². The second-order valence-electron chi connectivity index (χ2n) is 8.26. The van der Waals surface area contributed by atoms with E-state index in [0.29, 0.717) is 11.9 Å². The summed E-state index contributed by atoms with van der Waals surface area (Å²) in [6, 6.07) is 3.71. The van der Waals surface area contributed by atoms with Gasteiger partial charge in [0, 0.05) is 43.0 Å². The van der Waals surface area contributed by atoms with Crippen LogP contribution in [0.25, 0.3) is 10.9 Å². The Balaban J connectivity index is 1.78. The molecule has 0 aliphatic carbocycles. The Morgan fingerprint density at radius 2 is 2.04 bits per heavy atom. The normalized spacial score (nSPS) is 18.6. The number of imidazole rings is 1. The van der Waals surface area contributed by atoms with E-state index in [0.717, 1.165) is 22.5 Å². The molecule has 1 N–H and O–H groups in total. The highest BCUT2D eigenvalue weighted by Crippen LogP contribution is 2.48. The van der Waals surface area contributed by atoms with E-state index in [-0.39, 0.29) is 28.4 Å². The molecular weight excluding hydrogens is 340 g/mol. The van der Waals surface area contributed by atoms with Gasteiger partial charge in [0.05, 0.1) is 11.6 Å². The standard InChI is InChI=1S/C21H24N4O2/c1-12-8-13(2)16-14(9-12)17(26)15(10-23-16)20(27)25-11-21(3,4)18(25)19-22-6-7-24(19)5/h6-10,18H,11H2,1-5H3,(H,23,26). The van der Waals surface area contributed by atoms with Gasteiger partial charge in [0.2, 0.25) is 5.43 Å². The molecule has 2 aromatic heterocycles. The maximum Gasteiger partial charge on any atom is 0.260 e. The summed E-state index contributed by atoms with van der Waals surface area (Å²) in [5, 5.41) is 0.562. The molecule has 6 nitrogen and oxygen atoms in total.